The van der Waals surface area contributed by atoms with Crippen molar-refractivity contribution in [2.24, 2.45) is 0 Å². The number of terminal acetylenes is 1. The summed E-state index contributed by atoms with van der Waals surface area (Å²) >= 11 is 0. The number of aromatic nitrogens is 3. The Kier molecular flexibility index (Phi) is 4.93. The first-order chi connectivity index (χ1) is 11.8. The zero-order chi connectivity index (χ0) is 16.8. The Morgan fingerprint density at radius 3 is 3.21 bits per heavy atom. The van der Waals surface area contributed by atoms with E-state index in [4.69, 9.17) is 15.9 Å². The van der Waals surface area contributed by atoms with Crippen molar-refractivity contribution in [1.29, 1.82) is 0 Å². The van der Waals surface area contributed by atoms with E-state index in [2.05, 4.69) is 26.4 Å². The van der Waals surface area contributed by atoms with Crippen LogP contribution in [0.15, 0.2) is 30.6 Å². The van der Waals surface area contributed by atoms with Crippen LogP contribution in [0.4, 0.5) is 10.5 Å². The quantitative estimate of drug-likeness (QED) is 0.829. The molecule has 1 aromatic carbocycles. The van der Waals surface area contributed by atoms with Gasteiger partial charge < -0.3 is 19.7 Å². The SMILES string of the molecule is C#CCOc1ccccc1NC(=O)N1CCOC[C@H]1c1ncn[nH]1. The second-order valence-electron chi connectivity index (χ2n) is 5.07. The Hall–Kier alpha value is -3.05. The van der Waals surface area contributed by atoms with Gasteiger partial charge in [-0.2, -0.15) is 5.10 Å². The smallest absolute Gasteiger partial charge is 0.322 e. The van der Waals surface area contributed by atoms with Crippen molar-refractivity contribution in [2.75, 3.05) is 31.7 Å². The third-order valence-electron chi connectivity index (χ3n) is 3.58. The number of ether oxygens (including phenoxy) is 2. The average Bonchev–Trinajstić information content (AvgIpc) is 3.15. The van der Waals surface area contributed by atoms with Crippen LogP contribution in [0.5, 0.6) is 5.75 Å². The number of carbonyl (C=O) groups excluding carboxylic acids is 1. The highest BCUT2D eigenvalue weighted by molar-refractivity contribution is 5.91. The second-order valence-corrected chi connectivity index (χ2v) is 5.07. The largest absolute Gasteiger partial charge is 0.479 e. The molecule has 0 saturated carbocycles. The Labute approximate surface area is 139 Å². The van der Waals surface area contributed by atoms with E-state index >= 15 is 0 Å². The van der Waals surface area contributed by atoms with Gasteiger partial charge in [-0.05, 0) is 12.1 Å². The van der Waals surface area contributed by atoms with Crippen LogP contribution in [0.1, 0.15) is 11.9 Å². The molecule has 124 valence electrons. The van der Waals surface area contributed by atoms with Crippen LogP contribution in [0.25, 0.3) is 0 Å². The Morgan fingerprint density at radius 2 is 2.42 bits per heavy atom. The first-order valence-corrected chi connectivity index (χ1v) is 7.45. The minimum atomic E-state index is -0.319. The monoisotopic (exact) mass is 327 g/mol. The van der Waals surface area contributed by atoms with E-state index in [1.54, 1.807) is 17.0 Å². The predicted octanol–water partition coefficient (Wildman–Crippen LogP) is 1.42. The number of amides is 2. The molecule has 8 nitrogen and oxygen atoms in total. The molecule has 8 heteroatoms. The van der Waals surface area contributed by atoms with E-state index in [1.165, 1.54) is 6.33 Å². The molecule has 0 unspecified atom stereocenters. The number of nitrogens with one attached hydrogen (secondary N) is 2. The zero-order valence-corrected chi connectivity index (χ0v) is 12.9. The van der Waals surface area contributed by atoms with Gasteiger partial charge in [0, 0.05) is 6.54 Å². The lowest BCUT2D eigenvalue weighted by Crippen LogP contribution is -2.45. The number of hydrogen-bond acceptors (Lipinski definition) is 5. The predicted molar refractivity (Wildman–Crippen MR) is 86.4 cm³/mol. The molecule has 1 atom stereocenters. The van der Waals surface area contributed by atoms with Crippen LogP contribution in [-0.2, 0) is 4.74 Å². The Bertz CT molecular complexity index is 726. The maximum absolute atomic E-state index is 12.7. The number of morpholine rings is 1. The summed E-state index contributed by atoms with van der Waals surface area (Å²) in [5, 5.41) is 9.48. The van der Waals surface area contributed by atoms with Gasteiger partial charge in [0.05, 0.1) is 18.9 Å². The molecule has 1 aliphatic rings. The highest BCUT2D eigenvalue weighted by Crippen LogP contribution is 2.26. The summed E-state index contributed by atoms with van der Waals surface area (Å²) in [7, 11) is 0. The number of carbonyl (C=O) groups is 1. The third-order valence-corrected chi connectivity index (χ3v) is 3.58. The van der Waals surface area contributed by atoms with Crippen molar-refractivity contribution in [2.45, 2.75) is 6.04 Å². The first-order valence-electron chi connectivity index (χ1n) is 7.45. The molecular weight excluding hydrogens is 310 g/mol. The molecular formula is C16H17N5O3. The van der Waals surface area contributed by atoms with Gasteiger partial charge >= 0.3 is 6.03 Å². The molecule has 1 aromatic heterocycles. The van der Waals surface area contributed by atoms with Crippen LogP contribution in [0.2, 0.25) is 0 Å². The highest BCUT2D eigenvalue weighted by Gasteiger charge is 2.31. The molecule has 3 rings (SSSR count). The zero-order valence-electron chi connectivity index (χ0n) is 12.9. The van der Waals surface area contributed by atoms with Gasteiger partial charge in [-0.1, -0.05) is 18.1 Å². The van der Waals surface area contributed by atoms with Crippen molar-refractivity contribution >= 4 is 11.7 Å². The summed E-state index contributed by atoms with van der Waals surface area (Å²) < 4.78 is 10.9. The van der Waals surface area contributed by atoms with Crippen molar-refractivity contribution < 1.29 is 14.3 Å². The summed E-state index contributed by atoms with van der Waals surface area (Å²) in [6.07, 6.45) is 6.62. The van der Waals surface area contributed by atoms with Crippen LogP contribution >= 0.6 is 0 Å². The molecule has 0 aliphatic carbocycles. The summed E-state index contributed by atoms with van der Waals surface area (Å²) in [6.45, 7) is 1.40. The molecule has 2 N–H and O–H groups in total. The summed E-state index contributed by atoms with van der Waals surface area (Å²) in [5.74, 6) is 3.51. The van der Waals surface area contributed by atoms with Gasteiger partial charge in [-0.25, -0.2) is 9.78 Å². The fraction of sp³-hybridized carbons (Fsp3) is 0.312. The number of rotatable bonds is 4. The first kappa shape index (κ1) is 15.8. The van der Waals surface area contributed by atoms with E-state index in [0.717, 1.165) is 0 Å². The molecule has 2 heterocycles. The molecule has 0 spiro atoms. The lowest BCUT2D eigenvalue weighted by atomic mass is 10.2. The molecule has 0 bridgehead atoms. The number of para-hydroxylation sites is 2. The van der Waals surface area contributed by atoms with Crippen molar-refractivity contribution in [1.82, 2.24) is 20.1 Å². The van der Waals surface area contributed by atoms with E-state index in [1.807, 2.05) is 12.1 Å². The summed E-state index contributed by atoms with van der Waals surface area (Å²) in [5.41, 5.74) is 0.556. The van der Waals surface area contributed by atoms with Gasteiger partial charge in [0.15, 0.2) is 0 Å². The summed E-state index contributed by atoms with van der Waals surface area (Å²) in [6, 6.07) is 6.55. The number of aromatic amines is 1. The van der Waals surface area contributed by atoms with Crippen molar-refractivity contribution in [3.05, 3.63) is 36.4 Å². The van der Waals surface area contributed by atoms with Crippen molar-refractivity contribution in [3.8, 4) is 18.1 Å². The van der Waals surface area contributed by atoms with E-state index in [9.17, 15) is 4.79 Å². The number of nitrogens with zero attached hydrogens (tertiary/aromatic N) is 3. The van der Waals surface area contributed by atoms with Gasteiger partial charge in [-0.3, -0.25) is 5.10 Å². The number of hydrogen-bond donors (Lipinski definition) is 2. The fourth-order valence-corrected chi connectivity index (χ4v) is 2.45. The molecule has 24 heavy (non-hydrogen) atoms. The number of anilines is 1. The number of urea groups is 1. The summed E-state index contributed by atoms with van der Waals surface area (Å²) in [4.78, 5) is 18.5. The lowest BCUT2D eigenvalue weighted by molar-refractivity contribution is 0.0118. The average molecular weight is 327 g/mol. The topological polar surface area (TPSA) is 92.4 Å². The van der Waals surface area contributed by atoms with E-state index in [0.29, 0.717) is 37.0 Å². The minimum Gasteiger partial charge on any atom is -0.479 e. The van der Waals surface area contributed by atoms with Gasteiger partial charge in [-0.15, -0.1) is 6.42 Å². The van der Waals surface area contributed by atoms with Gasteiger partial charge in [0.2, 0.25) is 0 Å². The third kappa shape index (κ3) is 3.47. The van der Waals surface area contributed by atoms with Gasteiger partial charge in [0.1, 0.15) is 30.5 Å². The molecule has 2 aromatic rings. The molecule has 2 amide bonds. The number of H-pyrrole nitrogens is 1. The lowest BCUT2D eigenvalue weighted by Gasteiger charge is -2.34. The number of benzene rings is 1. The minimum absolute atomic E-state index is 0.130. The second kappa shape index (κ2) is 7.48. The normalized spacial score (nSPS) is 17.1. The van der Waals surface area contributed by atoms with Crippen LogP contribution < -0.4 is 10.1 Å². The fourth-order valence-electron chi connectivity index (χ4n) is 2.45. The maximum atomic E-state index is 12.7. The molecule has 1 fully saturated rings. The van der Waals surface area contributed by atoms with E-state index < -0.39 is 0 Å². The Morgan fingerprint density at radius 1 is 1.54 bits per heavy atom. The standard InChI is InChI=1S/C16H17N5O3/c1-2-8-24-14-6-4-3-5-12(14)19-16(22)21-7-9-23-10-13(21)15-17-11-18-20-15/h1,3-6,11,13H,7-10H2,(H,19,22)(H,17,18,20)/t13-/m0/s1. The van der Waals surface area contributed by atoms with Crippen LogP contribution in [0, 0.1) is 12.3 Å². The van der Waals surface area contributed by atoms with E-state index in [-0.39, 0.29) is 18.7 Å². The molecule has 1 saturated heterocycles. The highest BCUT2D eigenvalue weighted by atomic mass is 16.5. The molecule has 1 aliphatic heterocycles. The van der Waals surface area contributed by atoms with Crippen LogP contribution in [-0.4, -0.2) is 52.5 Å². The van der Waals surface area contributed by atoms with Crippen LogP contribution in [0.3, 0.4) is 0 Å². The maximum Gasteiger partial charge on any atom is 0.322 e. The molecule has 0 radical (unpaired) electrons. The van der Waals surface area contributed by atoms with Crippen molar-refractivity contribution in [3.63, 3.8) is 0 Å². The Balaban J connectivity index is 1.75. The van der Waals surface area contributed by atoms with Gasteiger partial charge in [0.25, 0.3) is 0 Å².